The number of amides is 3. The minimum absolute atomic E-state index is 0.0229. The lowest BCUT2D eigenvalue weighted by molar-refractivity contribution is -0.137. The third-order valence-electron chi connectivity index (χ3n) is 13.4. The second kappa shape index (κ2) is 14.3. The van der Waals surface area contributed by atoms with Gasteiger partial charge in [-0.3, -0.25) is 24.6 Å². The summed E-state index contributed by atoms with van der Waals surface area (Å²) in [5.74, 6) is 0.415. The van der Waals surface area contributed by atoms with Gasteiger partial charge in [-0.05, 0) is 110 Å². The molecule has 3 saturated heterocycles. The number of anilines is 2. The van der Waals surface area contributed by atoms with Gasteiger partial charge < -0.3 is 24.5 Å². The van der Waals surface area contributed by atoms with Crippen LogP contribution >= 0.6 is 0 Å². The molecule has 4 fully saturated rings. The fraction of sp³-hybridized carbons (Fsp3) is 0.523. The number of carbonyl (C=O) groups excluding carboxylic acids is 3. The van der Waals surface area contributed by atoms with Crippen LogP contribution in [0, 0.1) is 5.92 Å². The molecular formula is C44H53N5O5. The molecule has 6 aliphatic rings. The van der Waals surface area contributed by atoms with E-state index in [0.29, 0.717) is 30.2 Å². The van der Waals surface area contributed by atoms with E-state index >= 15 is 0 Å². The Bertz CT molecular complexity index is 1910. The molecular weight excluding hydrogens is 679 g/mol. The first-order valence-corrected chi connectivity index (χ1v) is 20.4. The highest BCUT2D eigenvalue weighted by Gasteiger charge is 2.48. The van der Waals surface area contributed by atoms with Gasteiger partial charge in [0.05, 0.1) is 11.7 Å². The topological polar surface area (TPSA) is 106 Å². The maximum absolute atomic E-state index is 13.2. The number of phenolic OH excluding ortho intramolecular Hbond substituents is 1. The Morgan fingerprint density at radius 1 is 0.796 bits per heavy atom. The number of nitrogens with zero attached hydrogens (tertiary/aromatic N) is 4. The summed E-state index contributed by atoms with van der Waals surface area (Å²) in [6, 6.07) is 20.7. The fourth-order valence-corrected chi connectivity index (χ4v) is 10.5. The van der Waals surface area contributed by atoms with Crippen LogP contribution in [0.25, 0.3) is 0 Å². The summed E-state index contributed by atoms with van der Waals surface area (Å²) in [6.07, 6.45) is 8.84. The SMILES string of the molecule is C[C@@H]1OC2(CCCCC2)[C@H](c2ccc(N3CCC(CN4CCN(c5ccc6c(c5)CN([C@H]5CCC(=O)NC5=O)C6=O)CC4)CC3)cc2)c2ccc(O)cc21. The van der Waals surface area contributed by atoms with Crippen LogP contribution in [-0.2, 0) is 20.9 Å². The molecule has 10 nitrogen and oxygen atoms in total. The van der Waals surface area contributed by atoms with Crippen molar-refractivity contribution < 1.29 is 24.2 Å². The molecule has 284 valence electrons. The Kier molecular flexibility index (Phi) is 9.38. The molecule has 5 aliphatic heterocycles. The number of carbonyl (C=O) groups is 3. The molecule has 3 aromatic rings. The number of aromatic hydroxyl groups is 1. The predicted octanol–water partition coefficient (Wildman–Crippen LogP) is 6.12. The minimum Gasteiger partial charge on any atom is -0.508 e. The zero-order valence-electron chi connectivity index (χ0n) is 31.5. The number of hydrogen-bond acceptors (Lipinski definition) is 8. The molecule has 0 unspecified atom stereocenters. The lowest BCUT2D eigenvalue weighted by atomic mass is 9.67. The number of fused-ring (bicyclic) bond motifs is 2. The van der Waals surface area contributed by atoms with Crippen molar-refractivity contribution in [2.75, 3.05) is 55.6 Å². The van der Waals surface area contributed by atoms with Crippen molar-refractivity contribution in [3.05, 3.63) is 88.5 Å². The van der Waals surface area contributed by atoms with Gasteiger partial charge in [0.2, 0.25) is 11.8 Å². The van der Waals surface area contributed by atoms with Gasteiger partial charge in [-0.15, -0.1) is 0 Å². The van der Waals surface area contributed by atoms with Crippen LogP contribution in [0.15, 0.2) is 60.7 Å². The Hall–Kier alpha value is -4.41. The average molecular weight is 732 g/mol. The number of imide groups is 1. The summed E-state index contributed by atoms with van der Waals surface area (Å²) in [6.45, 7) is 9.78. The zero-order valence-corrected chi connectivity index (χ0v) is 31.5. The molecule has 0 bridgehead atoms. The van der Waals surface area contributed by atoms with Crippen molar-refractivity contribution in [3.63, 3.8) is 0 Å². The summed E-state index contributed by atoms with van der Waals surface area (Å²) in [4.78, 5) is 46.5. The maximum Gasteiger partial charge on any atom is 0.255 e. The van der Waals surface area contributed by atoms with Crippen LogP contribution in [0.5, 0.6) is 5.75 Å². The minimum atomic E-state index is -0.585. The van der Waals surface area contributed by atoms with E-state index in [0.717, 1.165) is 75.5 Å². The first-order valence-electron chi connectivity index (χ1n) is 20.4. The summed E-state index contributed by atoms with van der Waals surface area (Å²) >= 11 is 0. The van der Waals surface area contributed by atoms with Gasteiger partial charge in [0, 0.05) is 81.6 Å². The molecule has 1 spiro atoms. The van der Waals surface area contributed by atoms with Gasteiger partial charge >= 0.3 is 0 Å². The average Bonchev–Trinajstić information content (AvgIpc) is 3.51. The van der Waals surface area contributed by atoms with Crippen molar-refractivity contribution in [1.29, 1.82) is 0 Å². The Balaban J connectivity index is 0.782. The molecule has 3 aromatic carbocycles. The molecule has 1 saturated carbocycles. The number of hydrogen-bond donors (Lipinski definition) is 2. The van der Waals surface area contributed by atoms with Gasteiger partial charge in [-0.2, -0.15) is 0 Å². The smallest absolute Gasteiger partial charge is 0.255 e. The van der Waals surface area contributed by atoms with E-state index < -0.39 is 6.04 Å². The van der Waals surface area contributed by atoms with Crippen LogP contribution in [0.2, 0.25) is 0 Å². The lowest BCUT2D eigenvalue weighted by Gasteiger charge is -2.50. The molecule has 54 heavy (non-hydrogen) atoms. The van der Waals surface area contributed by atoms with Crippen molar-refractivity contribution in [2.45, 2.75) is 94.9 Å². The van der Waals surface area contributed by atoms with Crippen LogP contribution in [-0.4, -0.2) is 90.1 Å². The van der Waals surface area contributed by atoms with Gasteiger partial charge in [0.1, 0.15) is 11.8 Å². The number of rotatable bonds is 6. The van der Waals surface area contributed by atoms with Gasteiger partial charge in [-0.1, -0.05) is 37.5 Å². The number of ether oxygens (including phenoxy) is 1. The number of nitrogens with one attached hydrogen (secondary N) is 1. The van der Waals surface area contributed by atoms with Crippen LogP contribution in [0.1, 0.15) is 109 Å². The van der Waals surface area contributed by atoms with Crippen molar-refractivity contribution in [3.8, 4) is 5.75 Å². The van der Waals surface area contributed by atoms with E-state index in [-0.39, 0.29) is 41.8 Å². The highest BCUT2D eigenvalue weighted by Crippen LogP contribution is 2.54. The van der Waals surface area contributed by atoms with Crippen molar-refractivity contribution >= 4 is 29.1 Å². The molecule has 9 rings (SSSR count). The zero-order chi connectivity index (χ0) is 37.0. The van der Waals surface area contributed by atoms with E-state index in [9.17, 15) is 19.5 Å². The number of phenols is 1. The standard InChI is InChI=1S/C44H53N5O5/c1-29-38-26-35(50)10-12-37(38)41(44(54-29)17-3-2-4-18-44)31-5-7-33(8-6-31)47-19-15-30(16-20-47)27-46-21-23-48(24-22-46)34-9-11-36-32(25-34)28-49(43(36)53)39-13-14-40(51)45-42(39)52/h5-12,25-26,29-30,39,41,50H,2-4,13-24,27-28H2,1H3,(H,45,51,52)/t29-,39-,41+/m0/s1. The van der Waals surface area contributed by atoms with Gasteiger partial charge in [0.25, 0.3) is 5.91 Å². The summed E-state index contributed by atoms with van der Waals surface area (Å²) in [7, 11) is 0. The van der Waals surface area contributed by atoms with Gasteiger partial charge in [-0.25, -0.2) is 0 Å². The molecule has 10 heteroatoms. The second-order valence-electron chi connectivity index (χ2n) is 16.7. The molecule has 0 radical (unpaired) electrons. The Labute approximate surface area is 318 Å². The third kappa shape index (κ3) is 6.55. The normalized spacial score (nSPS) is 26.2. The Morgan fingerprint density at radius 3 is 2.26 bits per heavy atom. The molecule has 2 N–H and O–H groups in total. The first-order chi connectivity index (χ1) is 26.2. The molecule has 5 heterocycles. The Morgan fingerprint density at radius 2 is 1.52 bits per heavy atom. The quantitative estimate of drug-likeness (QED) is 0.293. The van der Waals surface area contributed by atoms with Crippen LogP contribution in [0.4, 0.5) is 11.4 Å². The highest BCUT2D eigenvalue weighted by atomic mass is 16.5. The summed E-state index contributed by atoms with van der Waals surface area (Å²) < 4.78 is 6.90. The number of piperazine rings is 1. The predicted molar refractivity (Wildman–Crippen MR) is 208 cm³/mol. The summed E-state index contributed by atoms with van der Waals surface area (Å²) in [5.41, 5.74) is 7.62. The van der Waals surface area contributed by atoms with Crippen LogP contribution < -0.4 is 15.1 Å². The molecule has 0 aromatic heterocycles. The fourth-order valence-electron chi connectivity index (χ4n) is 10.5. The number of benzene rings is 3. The monoisotopic (exact) mass is 731 g/mol. The van der Waals surface area contributed by atoms with E-state index in [1.54, 1.807) is 4.90 Å². The maximum atomic E-state index is 13.2. The molecule has 3 atom stereocenters. The van der Waals surface area contributed by atoms with E-state index in [4.69, 9.17) is 4.74 Å². The van der Waals surface area contributed by atoms with Gasteiger partial charge in [0.15, 0.2) is 0 Å². The van der Waals surface area contributed by atoms with E-state index in [2.05, 4.69) is 63.3 Å². The van der Waals surface area contributed by atoms with Crippen molar-refractivity contribution in [2.24, 2.45) is 5.92 Å². The highest BCUT2D eigenvalue weighted by molar-refractivity contribution is 6.05. The molecule has 3 amide bonds. The van der Waals surface area contributed by atoms with E-state index in [1.807, 2.05) is 24.3 Å². The van der Waals surface area contributed by atoms with Crippen molar-refractivity contribution in [1.82, 2.24) is 15.1 Å². The third-order valence-corrected chi connectivity index (χ3v) is 13.4. The second-order valence-corrected chi connectivity index (χ2v) is 16.7. The van der Waals surface area contributed by atoms with Crippen LogP contribution in [0.3, 0.4) is 0 Å². The largest absolute Gasteiger partial charge is 0.508 e. The molecule has 1 aliphatic carbocycles. The van der Waals surface area contributed by atoms with E-state index in [1.165, 1.54) is 48.9 Å². The number of piperidine rings is 2. The lowest BCUT2D eigenvalue weighted by Crippen LogP contribution is -2.52. The first kappa shape index (κ1) is 35.3. The summed E-state index contributed by atoms with van der Waals surface area (Å²) in [5, 5.41) is 12.7.